The van der Waals surface area contributed by atoms with Gasteiger partial charge in [0.25, 0.3) is 5.91 Å². The van der Waals surface area contributed by atoms with Crippen LogP contribution in [0.1, 0.15) is 12.5 Å². The molecule has 1 aromatic heterocycles. The summed E-state index contributed by atoms with van der Waals surface area (Å²) in [5, 5.41) is 7.94. The quantitative estimate of drug-likeness (QED) is 0.770. The van der Waals surface area contributed by atoms with E-state index < -0.39 is 6.10 Å². The summed E-state index contributed by atoms with van der Waals surface area (Å²) in [5.74, 6) is 0.297. The topological polar surface area (TPSA) is 56.1 Å². The van der Waals surface area contributed by atoms with E-state index in [4.69, 9.17) is 27.9 Å². The molecule has 0 saturated heterocycles. The summed E-state index contributed by atoms with van der Waals surface area (Å²) in [6.07, 6.45) is 2.60. The van der Waals surface area contributed by atoms with Gasteiger partial charge in [-0.25, -0.2) is 4.68 Å². The molecule has 0 bridgehead atoms. The molecule has 1 heterocycles. The van der Waals surface area contributed by atoms with E-state index in [-0.39, 0.29) is 5.91 Å². The highest BCUT2D eigenvalue weighted by atomic mass is 35.5. The van der Waals surface area contributed by atoms with Crippen molar-refractivity contribution in [1.82, 2.24) is 9.78 Å². The number of nitrogens with zero attached hydrogens (tertiary/aromatic N) is 2. The van der Waals surface area contributed by atoms with Crippen LogP contribution in [0.5, 0.6) is 0 Å². The largest absolute Gasteiger partial charge is 0.365 e. The molecule has 0 spiro atoms. The molecular weight excluding hydrogens is 337 g/mol. The minimum atomic E-state index is -0.592. The zero-order valence-electron chi connectivity index (χ0n) is 12.6. The smallest absolute Gasteiger partial charge is 0.254 e. The van der Waals surface area contributed by atoms with Crippen LogP contribution in [0.15, 0.2) is 43.1 Å². The van der Waals surface area contributed by atoms with Crippen LogP contribution in [-0.2, 0) is 16.1 Å². The second-order valence-electron chi connectivity index (χ2n) is 4.84. The zero-order chi connectivity index (χ0) is 16.8. The fourth-order valence-electron chi connectivity index (χ4n) is 1.91. The average molecular weight is 354 g/mol. The monoisotopic (exact) mass is 353 g/mol. The second kappa shape index (κ2) is 8.15. The van der Waals surface area contributed by atoms with E-state index >= 15 is 0 Å². The number of rotatable bonds is 7. The van der Waals surface area contributed by atoms with Crippen LogP contribution in [-0.4, -0.2) is 28.4 Å². The maximum Gasteiger partial charge on any atom is 0.254 e. The van der Waals surface area contributed by atoms with Gasteiger partial charge >= 0.3 is 0 Å². The molecule has 1 unspecified atom stereocenters. The van der Waals surface area contributed by atoms with Gasteiger partial charge in [0, 0.05) is 6.07 Å². The zero-order valence-corrected chi connectivity index (χ0v) is 14.1. The number of ether oxygens (including phenoxy) is 1. The van der Waals surface area contributed by atoms with Crippen molar-refractivity contribution in [3.8, 4) is 0 Å². The lowest BCUT2D eigenvalue weighted by Gasteiger charge is -2.14. The molecule has 1 atom stereocenters. The number of carbonyl (C=O) groups is 1. The summed E-state index contributed by atoms with van der Waals surface area (Å²) in [5.41, 5.74) is 0.814. The van der Waals surface area contributed by atoms with Crippen LogP contribution in [0.4, 0.5) is 5.82 Å². The summed E-state index contributed by atoms with van der Waals surface area (Å²) < 4.78 is 6.93. The SMILES string of the molecule is C=CCOC(C)C(=O)Nc1ccnn1Cc1cccc(Cl)c1Cl. The maximum absolute atomic E-state index is 12.1. The molecule has 122 valence electrons. The van der Waals surface area contributed by atoms with Crippen LogP contribution in [0.2, 0.25) is 10.0 Å². The Kier molecular flexibility index (Phi) is 6.21. The number of carbonyl (C=O) groups excluding carboxylic acids is 1. The van der Waals surface area contributed by atoms with Crippen LogP contribution in [0, 0.1) is 0 Å². The number of anilines is 1. The van der Waals surface area contributed by atoms with Gasteiger partial charge < -0.3 is 10.1 Å². The van der Waals surface area contributed by atoms with Gasteiger partial charge in [-0.2, -0.15) is 5.10 Å². The fourth-order valence-corrected chi connectivity index (χ4v) is 2.29. The Bertz CT molecular complexity index is 700. The lowest BCUT2D eigenvalue weighted by atomic mass is 10.2. The molecular formula is C16H17Cl2N3O2. The Balaban J connectivity index is 2.09. The second-order valence-corrected chi connectivity index (χ2v) is 5.63. The van der Waals surface area contributed by atoms with Gasteiger partial charge in [-0.15, -0.1) is 6.58 Å². The highest BCUT2D eigenvalue weighted by molar-refractivity contribution is 6.42. The molecule has 0 aliphatic heterocycles. The standard InChI is InChI=1S/C16H17Cl2N3O2/c1-3-9-23-11(2)16(22)20-14-7-8-19-21(14)10-12-5-4-6-13(17)15(12)18/h3-8,11H,1,9-10H2,2H3,(H,20,22). The van der Waals surface area contributed by atoms with Crippen molar-refractivity contribution < 1.29 is 9.53 Å². The van der Waals surface area contributed by atoms with E-state index in [9.17, 15) is 4.79 Å². The van der Waals surface area contributed by atoms with Gasteiger partial charge in [-0.3, -0.25) is 4.79 Å². The highest BCUT2D eigenvalue weighted by Crippen LogP contribution is 2.26. The first-order valence-electron chi connectivity index (χ1n) is 7.01. The molecule has 2 aromatic rings. The van der Waals surface area contributed by atoms with E-state index in [1.807, 2.05) is 12.1 Å². The first kappa shape index (κ1) is 17.5. The summed E-state index contributed by atoms with van der Waals surface area (Å²) in [7, 11) is 0. The summed E-state index contributed by atoms with van der Waals surface area (Å²) in [6.45, 7) is 5.93. The van der Waals surface area contributed by atoms with Gasteiger partial charge in [-0.1, -0.05) is 41.4 Å². The van der Waals surface area contributed by atoms with Crippen molar-refractivity contribution >= 4 is 34.9 Å². The predicted octanol–water partition coefficient (Wildman–Crippen LogP) is 3.77. The third-order valence-electron chi connectivity index (χ3n) is 3.15. The molecule has 0 radical (unpaired) electrons. The average Bonchev–Trinajstić information content (AvgIpc) is 2.96. The number of amides is 1. The summed E-state index contributed by atoms with van der Waals surface area (Å²) in [4.78, 5) is 12.1. The number of aromatic nitrogens is 2. The minimum absolute atomic E-state index is 0.259. The normalized spacial score (nSPS) is 12.0. The van der Waals surface area contributed by atoms with Crippen LogP contribution < -0.4 is 5.32 Å². The molecule has 5 nitrogen and oxygen atoms in total. The van der Waals surface area contributed by atoms with Crippen molar-refractivity contribution in [2.24, 2.45) is 0 Å². The van der Waals surface area contributed by atoms with E-state index in [1.54, 1.807) is 36.0 Å². The summed E-state index contributed by atoms with van der Waals surface area (Å²) in [6, 6.07) is 7.10. The van der Waals surface area contributed by atoms with Crippen molar-refractivity contribution in [1.29, 1.82) is 0 Å². The Morgan fingerprint density at radius 3 is 3.00 bits per heavy atom. The van der Waals surface area contributed by atoms with Crippen molar-refractivity contribution in [2.75, 3.05) is 11.9 Å². The van der Waals surface area contributed by atoms with E-state index in [1.165, 1.54) is 0 Å². The van der Waals surface area contributed by atoms with Crippen molar-refractivity contribution in [2.45, 2.75) is 19.6 Å². The van der Waals surface area contributed by atoms with Gasteiger partial charge in [0.05, 0.1) is 29.4 Å². The molecule has 0 fully saturated rings. The molecule has 2 rings (SSSR count). The van der Waals surface area contributed by atoms with Crippen molar-refractivity contribution in [3.05, 3.63) is 58.7 Å². The third kappa shape index (κ3) is 4.58. The van der Waals surface area contributed by atoms with Crippen molar-refractivity contribution in [3.63, 3.8) is 0 Å². The highest BCUT2D eigenvalue weighted by Gasteiger charge is 2.15. The predicted molar refractivity (Wildman–Crippen MR) is 92.0 cm³/mol. The van der Waals surface area contributed by atoms with E-state index in [0.29, 0.717) is 29.0 Å². The molecule has 0 aliphatic carbocycles. The fraction of sp³-hybridized carbons (Fsp3) is 0.250. The van der Waals surface area contributed by atoms with Gasteiger partial charge in [0.1, 0.15) is 11.9 Å². The van der Waals surface area contributed by atoms with E-state index in [0.717, 1.165) is 5.56 Å². The van der Waals surface area contributed by atoms with E-state index in [2.05, 4.69) is 17.0 Å². The molecule has 1 amide bonds. The van der Waals surface area contributed by atoms with Gasteiger partial charge in [0.15, 0.2) is 0 Å². The van der Waals surface area contributed by atoms with Crippen LogP contribution in [0.3, 0.4) is 0 Å². The van der Waals surface area contributed by atoms with Crippen LogP contribution >= 0.6 is 23.2 Å². The molecule has 23 heavy (non-hydrogen) atoms. The Labute approximate surface area is 144 Å². The molecule has 7 heteroatoms. The number of nitrogens with one attached hydrogen (secondary N) is 1. The summed E-state index contributed by atoms with van der Waals surface area (Å²) >= 11 is 12.2. The first-order chi connectivity index (χ1) is 11.0. The lowest BCUT2D eigenvalue weighted by Crippen LogP contribution is -2.29. The molecule has 1 aromatic carbocycles. The lowest BCUT2D eigenvalue weighted by molar-refractivity contribution is -0.125. The number of halogens is 2. The number of benzene rings is 1. The molecule has 0 aliphatic rings. The number of hydrogen-bond donors (Lipinski definition) is 1. The van der Waals surface area contributed by atoms with Crippen LogP contribution in [0.25, 0.3) is 0 Å². The number of hydrogen-bond acceptors (Lipinski definition) is 3. The Hall–Kier alpha value is -1.82. The third-order valence-corrected chi connectivity index (χ3v) is 4.01. The van der Waals surface area contributed by atoms with Gasteiger partial charge in [0.2, 0.25) is 0 Å². The minimum Gasteiger partial charge on any atom is -0.365 e. The van der Waals surface area contributed by atoms with Gasteiger partial charge in [-0.05, 0) is 18.6 Å². The Morgan fingerprint density at radius 2 is 2.26 bits per heavy atom. The molecule has 0 saturated carbocycles. The first-order valence-corrected chi connectivity index (χ1v) is 7.76. The Morgan fingerprint density at radius 1 is 1.48 bits per heavy atom. The maximum atomic E-state index is 12.1. The molecule has 1 N–H and O–H groups in total.